The molecule has 0 spiro atoms. The van der Waals surface area contributed by atoms with E-state index in [1.165, 1.54) is 18.2 Å². The number of rotatable bonds is 6. The minimum absolute atomic E-state index is 0.137. The van der Waals surface area contributed by atoms with Gasteiger partial charge < -0.3 is 19.5 Å². The van der Waals surface area contributed by atoms with E-state index in [0.717, 1.165) is 5.56 Å². The van der Waals surface area contributed by atoms with Gasteiger partial charge in [0.1, 0.15) is 0 Å². The third-order valence-corrected chi connectivity index (χ3v) is 3.96. The molecule has 0 aliphatic carbocycles. The van der Waals surface area contributed by atoms with Crippen LogP contribution in [0.2, 0.25) is 0 Å². The number of benzene rings is 2. The van der Waals surface area contributed by atoms with Gasteiger partial charge in [-0.3, -0.25) is 14.9 Å². The van der Waals surface area contributed by atoms with Crippen molar-refractivity contribution in [1.82, 2.24) is 5.32 Å². The summed E-state index contributed by atoms with van der Waals surface area (Å²) in [6.45, 7) is 4.03. The summed E-state index contributed by atoms with van der Waals surface area (Å²) >= 11 is 0. The van der Waals surface area contributed by atoms with E-state index in [0.29, 0.717) is 18.1 Å². The molecule has 1 aliphatic rings. The Morgan fingerprint density at radius 2 is 2.04 bits per heavy atom. The van der Waals surface area contributed by atoms with Crippen molar-refractivity contribution in [2.24, 2.45) is 0 Å². The SMILES string of the molecule is CCOc1ccc(C(=O)NC(C)c2ccc3c(c2)OCO3)cc1[N+](=O)[O-]. The zero-order valence-electron chi connectivity index (χ0n) is 14.4. The van der Waals surface area contributed by atoms with Gasteiger partial charge in [0.15, 0.2) is 17.2 Å². The van der Waals surface area contributed by atoms with E-state index in [1.807, 2.05) is 13.0 Å². The minimum Gasteiger partial charge on any atom is -0.487 e. The average Bonchev–Trinajstić information content (AvgIpc) is 3.09. The van der Waals surface area contributed by atoms with Crippen LogP contribution < -0.4 is 19.5 Å². The molecule has 8 heteroatoms. The molecular weight excluding hydrogens is 340 g/mol. The monoisotopic (exact) mass is 358 g/mol. The fraction of sp³-hybridized carbons (Fsp3) is 0.278. The topological polar surface area (TPSA) is 99.9 Å². The standard InChI is InChI=1S/C18H18N2O6/c1-3-24-15-6-5-13(8-14(15)20(22)23)18(21)19-11(2)12-4-7-16-17(9-12)26-10-25-16/h4-9,11H,3,10H2,1-2H3,(H,19,21). The third kappa shape index (κ3) is 3.53. The lowest BCUT2D eigenvalue weighted by Crippen LogP contribution is -2.26. The molecule has 136 valence electrons. The van der Waals surface area contributed by atoms with Crippen LogP contribution in [0.25, 0.3) is 0 Å². The first kappa shape index (κ1) is 17.5. The molecule has 3 rings (SSSR count). The number of nitro benzene ring substituents is 1. The smallest absolute Gasteiger partial charge is 0.311 e. The van der Waals surface area contributed by atoms with Crippen molar-refractivity contribution < 1.29 is 23.9 Å². The molecule has 1 heterocycles. The molecule has 8 nitrogen and oxygen atoms in total. The zero-order valence-corrected chi connectivity index (χ0v) is 14.4. The lowest BCUT2D eigenvalue weighted by Gasteiger charge is -2.15. The van der Waals surface area contributed by atoms with Crippen LogP contribution in [0.15, 0.2) is 36.4 Å². The Kier molecular flexibility index (Phi) is 4.92. The van der Waals surface area contributed by atoms with Crippen LogP contribution in [-0.4, -0.2) is 24.2 Å². The highest BCUT2D eigenvalue weighted by Crippen LogP contribution is 2.34. The van der Waals surface area contributed by atoms with Crippen LogP contribution in [0.1, 0.15) is 35.8 Å². The minimum atomic E-state index is -0.566. The molecule has 1 N–H and O–H groups in total. The van der Waals surface area contributed by atoms with Crippen LogP contribution in [0, 0.1) is 10.1 Å². The van der Waals surface area contributed by atoms with E-state index >= 15 is 0 Å². The maximum atomic E-state index is 12.5. The second-order valence-corrected chi connectivity index (χ2v) is 5.68. The van der Waals surface area contributed by atoms with Gasteiger partial charge in [-0.05, 0) is 43.7 Å². The molecule has 26 heavy (non-hydrogen) atoms. The summed E-state index contributed by atoms with van der Waals surface area (Å²) in [5.74, 6) is 1.01. The van der Waals surface area contributed by atoms with Crippen molar-refractivity contribution in [1.29, 1.82) is 0 Å². The highest BCUT2D eigenvalue weighted by Gasteiger charge is 2.21. The number of hydrogen-bond acceptors (Lipinski definition) is 6. The van der Waals surface area contributed by atoms with Crippen molar-refractivity contribution in [3.05, 3.63) is 57.6 Å². The lowest BCUT2D eigenvalue weighted by atomic mass is 10.1. The highest BCUT2D eigenvalue weighted by molar-refractivity contribution is 5.95. The molecule has 2 aromatic rings. The van der Waals surface area contributed by atoms with Crippen molar-refractivity contribution >= 4 is 11.6 Å². The molecular formula is C18H18N2O6. The number of carbonyl (C=O) groups is 1. The summed E-state index contributed by atoms with van der Waals surface area (Å²) in [5, 5.41) is 14.0. The molecule has 0 radical (unpaired) electrons. The zero-order chi connectivity index (χ0) is 18.7. The Balaban J connectivity index is 1.77. The van der Waals surface area contributed by atoms with Gasteiger partial charge in [-0.25, -0.2) is 0 Å². The van der Waals surface area contributed by atoms with Gasteiger partial charge in [-0.15, -0.1) is 0 Å². The number of hydrogen-bond donors (Lipinski definition) is 1. The number of carbonyl (C=O) groups excluding carboxylic acids is 1. The summed E-state index contributed by atoms with van der Waals surface area (Å²) in [6.07, 6.45) is 0. The fourth-order valence-corrected chi connectivity index (χ4v) is 2.62. The number of fused-ring (bicyclic) bond motifs is 1. The first-order chi connectivity index (χ1) is 12.5. The molecule has 1 atom stereocenters. The largest absolute Gasteiger partial charge is 0.487 e. The molecule has 1 unspecified atom stereocenters. The molecule has 0 saturated heterocycles. The van der Waals surface area contributed by atoms with Gasteiger partial charge in [0, 0.05) is 11.6 Å². The van der Waals surface area contributed by atoms with Crippen molar-refractivity contribution in [3.8, 4) is 17.2 Å². The lowest BCUT2D eigenvalue weighted by molar-refractivity contribution is -0.385. The van der Waals surface area contributed by atoms with Gasteiger partial charge in [0.05, 0.1) is 17.6 Å². The second-order valence-electron chi connectivity index (χ2n) is 5.68. The molecule has 0 saturated carbocycles. The number of ether oxygens (including phenoxy) is 3. The maximum Gasteiger partial charge on any atom is 0.311 e. The van der Waals surface area contributed by atoms with Gasteiger partial charge in [0.25, 0.3) is 5.91 Å². The van der Waals surface area contributed by atoms with E-state index in [9.17, 15) is 14.9 Å². The van der Waals surface area contributed by atoms with Gasteiger partial charge in [-0.1, -0.05) is 6.07 Å². The summed E-state index contributed by atoms with van der Waals surface area (Å²) in [5.41, 5.74) is 0.783. The summed E-state index contributed by atoms with van der Waals surface area (Å²) in [6, 6.07) is 9.24. The summed E-state index contributed by atoms with van der Waals surface area (Å²) in [4.78, 5) is 23.1. The van der Waals surface area contributed by atoms with E-state index < -0.39 is 10.8 Å². The molecule has 0 aromatic heterocycles. The number of nitrogens with zero attached hydrogens (tertiary/aromatic N) is 1. The first-order valence-electron chi connectivity index (χ1n) is 8.11. The summed E-state index contributed by atoms with van der Waals surface area (Å²) in [7, 11) is 0. The van der Waals surface area contributed by atoms with Crippen molar-refractivity contribution in [3.63, 3.8) is 0 Å². The van der Waals surface area contributed by atoms with Gasteiger partial charge in [-0.2, -0.15) is 0 Å². The van der Waals surface area contributed by atoms with E-state index in [2.05, 4.69) is 5.32 Å². The Morgan fingerprint density at radius 3 is 2.77 bits per heavy atom. The normalized spacial score (nSPS) is 13.2. The predicted octanol–water partition coefficient (Wildman–Crippen LogP) is 3.21. The van der Waals surface area contributed by atoms with E-state index in [-0.39, 0.29) is 29.8 Å². The molecule has 2 aromatic carbocycles. The van der Waals surface area contributed by atoms with E-state index in [1.54, 1.807) is 19.1 Å². The van der Waals surface area contributed by atoms with Crippen molar-refractivity contribution in [2.45, 2.75) is 19.9 Å². The Bertz CT molecular complexity index is 852. The van der Waals surface area contributed by atoms with Crippen LogP contribution in [-0.2, 0) is 0 Å². The Morgan fingerprint density at radius 1 is 1.27 bits per heavy atom. The van der Waals surface area contributed by atoms with Gasteiger partial charge in [0.2, 0.25) is 6.79 Å². The quantitative estimate of drug-likeness (QED) is 0.629. The fourth-order valence-electron chi connectivity index (χ4n) is 2.62. The third-order valence-electron chi connectivity index (χ3n) is 3.96. The van der Waals surface area contributed by atoms with Crippen LogP contribution in [0.5, 0.6) is 17.2 Å². The van der Waals surface area contributed by atoms with Crippen molar-refractivity contribution in [2.75, 3.05) is 13.4 Å². The average molecular weight is 358 g/mol. The predicted molar refractivity (Wildman–Crippen MR) is 92.7 cm³/mol. The number of nitro groups is 1. The molecule has 0 bridgehead atoms. The molecule has 1 amide bonds. The second kappa shape index (κ2) is 7.30. The summed E-state index contributed by atoms with van der Waals surface area (Å²) < 4.78 is 15.8. The highest BCUT2D eigenvalue weighted by atomic mass is 16.7. The Labute approximate surface area is 149 Å². The molecule has 0 fully saturated rings. The van der Waals surface area contributed by atoms with E-state index in [4.69, 9.17) is 14.2 Å². The first-order valence-corrected chi connectivity index (χ1v) is 8.11. The van der Waals surface area contributed by atoms with Crippen LogP contribution >= 0.6 is 0 Å². The Hall–Kier alpha value is -3.29. The maximum absolute atomic E-state index is 12.5. The van der Waals surface area contributed by atoms with Crippen LogP contribution in [0.4, 0.5) is 5.69 Å². The number of nitrogens with one attached hydrogen (secondary N) is 1. The number of amides is 1. The molecule has 1 aliphatic heterocycles. The van der Waals surface area contributed by atoms with Gasteiger partial charge >= 0.3 is 5.69 Å². The van der Waals surface area contributed by atoms with Crippen LogP contribution in [0.3, 0.4) is 0 Å².